The predicted molar refractivity (Wildman–Crippen MR) is 72.6 cm³/mol. The molecule has 2 aromatic rings. The molecule has 0 amide bonds. The summed E-state index contributed by atoms with van der Waals surface area (Å²) < 4.78 is 14.0. The van der Waals surface area contributed by atoms with Gasteiger partial charge in [0.15, 0.2) is 11.5 Å². The first-order chi connectivity index (χ1) is 9.35. The van der Waals surface area contributed by atoms with Crippen molar-refractivity contribution in [3.63, 3.8) is 0 Å². The van der Waals surface area contributed by atoms with Crippen LogP contribution >= 0.6 is 0 Å². The Kier molecular flexibility index (Phi) is 5.51. The normalized spacial score (nSPS) is 10.2. The fourth-order valence-electron chi connectivity index (χ4n) is 1.70. The van der Waals surface area contributed by atoms with E-state index in [9.17, 15) is 0 Å². The summed E-state index contributed by atoms with van der Waals surface area (Å²) in [6, 6.07) is 16.6. The van der Waals surface area contributed by atoms with Crippen LogP contribution in [0.1, 0.15) is 13.8 Å². The first-order valence-corrected chi connectivity index (χ1v) is 8.59. The van der Waals surface area contributed by atoms with Crippen LogP contribution in [0.25, 0.3) is 0 Å². The highest BCUT2D eigenvalue weighted by atomic mass is 127. The first-order valence-electron chi connectivity index (χ1n) is 6.43. The lowest BCUT2D eigenvalue weighted by atomic mass is 10.3. The molecular formula is C16H18IO2+. The quantitative estimate of drug-likeness (QED) is 0.695. The second-order valence-corrected chi connectivity index (χ2v) is 6.69. The molecule has 0 N–H and O–H groups in total. The molecule has 0 aliphatic carbocycles. The smallest absolute Gasteiger partial charge is 0.366 e. The van der Waals surface area contributed by atoms with Crippen LogP contribution in [-0.2, 0) is 0 Å². The zero-order valence-corrected chi connectivity index (χ0v) is 13.4. The molecule has 0 saturated carbocycles. The van der Waals surface area contributed by atoms with Crippen molar-refractivity contribution in [2.45, 2.75) is 13.8 Å². The maximum atomic E-state index is 5.70. The Morgan fingerprint density at radius 2 is 1.16 bits per heavy atom. The molecular weight excluding hydrogens is 351 g/mol. The summed E-state index contributed by atoms with van der Waals surface area (Å²) in [7, 11) is 0. The minimum atomic E-state index is -0.290. The topological polar surface area (TPSA) is 18.5 Å². The van der Waals surface area contributed by atoms with Gasteiger partial charge in [0.25, 0.3) is 0 Å². The molecule has 2 rings (SSSR count). The lowest BCUT2D eigenvalue weighted by Gasteiger charge is -2.04. The van der Waals surface area contributed by atoms with Crippen LogP contribution in [-0.4, -0.2) is 13.2 Å². The molecule has 0 aromatic heterocycles. The molecule has 19 heavy (non-hydrogen) atoms. The van der Waals surface area contributed by atoms with Gasteiger partial charge in [-0.15, -0.1) is 0 Å². The largest absolute Gasteiger partial charge is 0.489 e. The number of hydrogen-bond donors (Lipinski definition) is 0. The van der Waals surface area contributed by atoms with E-state index in [-0.39, 0.29) is 21.2 Å². The van der Waals surface area contributed by atoms with Crippen molar-refractivity contribution in [3.8, 4) is 11.5 Å². The number of rotatable bonds is 6. The van der Waals surface area contributed by atoms with E-state index in [1.807, 2.05) is 38.1 Å². The van der Waals surface area contributed by atoms with Crippen LogP contribution in [0.5, 0.6) is 11.5 Å². The minimum Gasteiger partial charge on any atom is -0.489 e. The fourth-order valence-corrected chi connectivity index (χ4v) is 4.30. The Balaban J connectivity index is 2.25. The Morgan fingerprint density at radius 3 is 1.58 bits per heavy atom. The van der Waals surface area contributed by atoms with E-state index < -0.39 is 0 Å². The summed E-state index contributed by atoms with van der Waals surface area (Å²) >= 11 is -0.290. The molecule has 2 aromatic carbocycles. The fraction of sp³-hybridized carbons (Fsp3) is 0.250. The zero-order valence-electron chi connectivity index (χ0n) is 11.2. The van der Waals surface area contributed by atoms with Gasteiger partial charge in [-0.05, 0) is 38.1 Å². The van der Waals surface area contributed by atoms with Crippen LogP contribution in [0.2, 0.25) is 0 Å². The van der Waals surface area contributed by atoms with Gasteiger partial charge in [0.2, 0.25) is 7.14 Å². The van der Waals surface area contributed by atoms with Crippen LogP contribution in [0.3, 0.4) is 0 Å². The van der Waals surface area contributed by atoms with Gasteiger partial charge in [-0.2, -0.15) is 0 Å². The molecule has 0 saturated heterocycles. The van der Waals surface area contributed by atoms with E-state index in [1.165, 1.54) is 7.14 Å². The number of para-hydroxylation sites is 2. The SMILES string of the molecule is CCOc1ccccc1[I+]c1ccccc1OCC. The molecule has 100 valence electrons. The van der Waals surface area contributed by atoms with Crippen molar-refractivity contribution in [3.05, 3.63) is 55.7 Å². The molecule has 2 nitrogen and oxygen atoms in total. The van der Waals surface area contributed by atoms with Gasteiger partial charge in [-0.3, -0.25) is 0 Å². The lowest BCUT2D eigenvalue weighted by molar-refractivity contribution is -0.599. The molecule has 0 aliphatic rings. The Bertz CT molecular complexity index is 478. The van der Waals surface area contributed by atoms with E-state index in [4.69, 9.17) is 9.47 Å². The number of halogens is 1. The molecule has 0 radical (unpaired) electrons. The standard InChI is InChI=1S/C16H18IO2/c1-3-18-15-11-7-5-9-13(15)17-14-10-6-8-12-16(14)19-4-2/h5-12H,3-4H2,1-2H3/q+1. The van der Waals surface area contributed by atoms with Crippen molar-refractivity contribution in [2.24, 2.45) is 0 Å². The van der Waals surface area contributed by atoms with Crippen molar-refractivity contribution in [2.75, 3.05) is 13.2 Å². The number of ether oxygens (including phenoxy) is 2. The van der Waals surface area contributed by atoms with Gasteiger partial charge in [0, 0.05) is 0 Å². The molecule has 0 spiro atoms. The Morgan fingerprint density at radius 1 is 0.737 bits per heavy atom. The van der Waals surface area contributed by atoms with Gasteiger partial charge in [0.1, 0.15) is 0 Å². The molecule has 0 bridgehead atoms. The molecule has 0 unspecified atom stereocenters. The maximum absolute atomic E-state index is 5.70. The molecule has 0 heterocycles. The summed E-state index contributed by atoms with van der Waals surface area (Å²) in [4.78, 5) is 0. The average molecular weight is 369 g/mol. The van der Waals surface area contributed by atoms with Gasteiger partial charge in [0.05, 0.1) is 13.2 Å². The maximum Gasteiger partial charge on any atom is 0.366 e. The summed E-state index contributed by atoms with van der Waals surface area (Å²) in [6.07, 6.45) is 0. The van der Waals surface area contributed by atoms with Gasteiger partial charge >= 0.3 is 21.2 Å². The zero-order chi connectivity index (χ0) is 13.5. The second kappa shape index (κ2) is 7.38. The van der Waals surface area contributed by atoms with Crippen LogP contribution in [0, 0.1) is 7.14 Å². The average Bonchev–Trinajstić information content (AvgIpc) is 2.44. The third-order valence-corrected chi connectivity index (χ3v) is 5.42. The third-order valence-electron chi connectivity index (χ3n) is 2.48. The monoisotopic (exact) mass is 369 g/mol. The van der Waals surface area contributed by atoms with E-state index >= 15 is 0 Å². The summed E-state index contributed by atoms with van der Waals surface area (Å²) in [5, 5.41) is 0. The Labute approximate surface area is 125 Å². The molecule has 0 atom stereocenters. The molecule has 0 aliphatic heterocycles. The molecule has 3 heteroatoms. The number of hydrogen-bond acceptors (Lipinski definition) is 2. The van der Waals surface area contributed by atoms with Crippen LogP contribution in [0.4, 0.5) is 0 Å². The Hall–Kier alpha value is -1.23. The van der Waals surface area contributed by atoms with Gasteiger partial charge in [-0.1, -0.05) is 24.3 Å². The third kappa shape index (κ3) is 3.86. The minimum absolute atomic E-state index is 0.290. The molecule has 0 fully saturated rings. The highest BCUT2D eigenvalue weighted by Gasteiger charge is 2.24. The summed E-state index contributed by atoms with van der Waals surface area (Å²) in [5.41, 5.74) is 0. The first kappa shape index (κ1) is 14.2. The van der Waals surface area contributed by atoms with Crippen LogP contribution in [0.15, 0.2) is 48.5 Å². The highest BCUT2D eigenvalue weighted by Crippen LogP contribution is 2.11. The second-order valence-electron chi connectivity index (χ2n) is 3.82. The summed E-state index contributed by atoms with van der Waals surface area (Å²) in [6.45, 7) is 5.44. The van der Waals surface area contributed by atoms with Crippen molar-refractivity contribution < 1.29 is 30.7 Å². The predicted octanol–water partition coefficient (Wildman–Crippen LogP) is 0.612. The van der Waals surface area contributed by atoms with Crippen molar-refractivity contribution in [1.29, 1.82) is 0 Å². The van der Waals surface area contributed by atoms with Gasteiger partial charge < -0.3 is 9.47 Å². The van der Waals surface area contributed by atoms with Crippen molar-refractivity contribution in [1.82, 2.24) is 0 Å². The van der Waals surface area contributed by atoms with E-state index in [0.29, 0.717) is 13.2 Å². The van der Waals surface area contributed by atoms with Crippen LogP contribution < -0.4 is 30.7 Å². The van der Waals surface area contributed by atoms with Crippen molar-refractivity contribution >= 4 is 0 Å². The lowest BCUT2D eigenvalue weighted by Crippen LogP contribution is -3.61. The number of benzene rings is 2. The summed E-state index contributed by atoms with van der Waals surface area (Å²) in [5.74, 6) is 2.01. The van der Waals surface area contributed by atoms with E-state index in [0.717, 1.165) is 11.5 Å². The highest BCUT2D eigenvalue weighted by molar-refractivity contribution is 5.23. The van der Waals surface area contributed by atoms with Gasteiger partial charge in [-0.25, -0.2) is 0 Å². The van der Waals surface area contributed by atoms with E-state index in [2.05, 4.69) is 24.3 Å². The van der Waals surface area contributed by atoms with E-state index in [1.54, 1.807) is 0 Å².